The van der Waals surface area contributed by atoms with Crippen LogP contribution in [-0.4, -0.2) is 33.7 Å². The number of aliphatic carboxylic acids is 2. The summed E-state index contributed by atoms with van der Waals surface area (Å²) in [5.74, 6) is -4.39. The molecule has 0 aliphatic carbocycles. The maximum atomic E-state index is 13.0. The topological polar surface area (TPSA) is 109 Å². The smallest absolute Gasteiger partial charge is 0.325 e. The minimum Gasteiger partial charge on any atom is -0.481 e. The van der Waals surface area contributed by atoms with E-state index in [4.69, 9.17) is 5.11 Å². The lowest BCUT2D eigenvalue weighted by molar-refractivity contribution is -0.144. The first-order valence-electron chi connectivity index (χ1n) is 8.04. The summed E-state index contributed by atoms with van der Waals surface area (Å²) in [4.78, 5) is 49.1. The van der Waals surface area contributed by atoms with Crippen LogP contribution in [0.2, 0.25) is 0 Å². The Labute approximate surface area is 150 Å². The number of carboxylic acid groups (broad SMARTS) is 2. The first-order valence-corrected chi connectivity index (χ1v) is 8.04. The first-order chi connectivity index (χ1) is 12.4. The molecule has 2 N–H and O–H groups in total. The predicted molar refractivity (Wildman–Crippen MR) is 93.1 cm³/mol. The van der Waals surface area contributed by atoms with E-state index in [-0.39, 0.29) is 24.0 Å². The van der Waals surface area contributed by atoms with Crippen LogP contribution in [0.5, 0.6) is 0 Å². The summed E-state index contributed by atoms with van der Waals surface area (Å²) in [5.41, 5.74) is -2.18. The van der Waals surface area contributed by atoms with Crippen LogP contribution >= 0.6 is 0 Å². The Morgan fingerprint density at radius 1 is 0.731 bits per heavy atom. The van der Waals surface area contributed by atoms with E-state index in [0.29, 0.717) is 0 Å². The number of rotatable bonds is 9. The number of ketones is 2. The fourth-order valence-corrected chi connectivity index (χ4v) is 2.81. The second-order valence-corrected chi connectivity index (χ2v) is 5.85. The highest BCUT2D eigenvalue weighted by Gasteiger charge is 2.52. The van der Waals surface area contributed by atoms with E-state index in [1.165, 1.54) is 24.3 Å². The van der Waals surface area contributed by atoms with Gasteiger partial charge >= 0.3 is 11.9 Å². The van der Waals surface area contributed by atoms with Crippen LogP contribution in [0, 0.1) is 5.41 Å². The summed E-state index contributed by atoms with van der Waals surface area (Å²) in [5, 5.41) is 18.7. The standard InChI is InChI=1S/C20H18O6/c21-16(22)12-7-13-20(19(25)26,17(23)14-8-3-1-4-9-14)18(24)15-10-5-2-6-11-15/h1-6,8-11H,7,12-13H2,(H,21,22)(H,25,26). The summed E-state index contributed by atoms with van der Waals surface area (Å²) < 4.78 is 0. The van der Waals surface area contributed by atoms with Crippen LogP contribution in [0.3, 0.4) is 0 Å². The second kappa shape index (κ2) is 8.20. The van der Waals surface area contributed by atoms with Crippen molar-refractivity contribution in [3.05, 3.63) is 71.8 Å². The first kappa shape index (κ1) is 19.1. The molecule has 0 heterocycles. The van der Waals surface area contributed by atoms with Crippen LogP contribution in [0.25, 0.3) is 0 Å². The molecule has 0 bridgehead atoms. The van der Waals surface area contributed by atoms with Crippen LogP contribution in [0.4, 0.5) is 0 Å². The molecule has 26 heavy (non-hydrogen) atoms. The molecule has 0 aromatic heterocycles. The van der Waals surface area contributed by atoms with E-state index in [2.05, 4.69) is 0 Å². The molecule has 6 heteroatoms. The monoisotopic (exact) mass is 354 g/mol. The number of hydrogen-bond acceptors (Lipinski definition) is 4. The van der Waals surface area contributed by atoms with Gasteiger partial charge in [0.1, 0.15) is 0 Å². The van der Waals surface area contributed by atoms with E-state index < -0.39 is 35.3 Å². The van der Waals surface area contributed by atoms with E-state index in [1.54, 1.807) is 36.4 Å². The third-order valence-electron chi connectivity index (χ3n) is 4.15. The zero-order valence-electron chi connectivity index (χ0n) is 13.9. The SMILES string of the molecule is O=C(O)CCCC(C(=O)O)(C(=O)c1ccccc1)C(=O)c1ccccc1. The lowest BCUT2D eigenvalue weighted by Gasteiger charge is -2.26. The van der Waals surface area contributed by atoms with Gasteiger partial charge in [0, 0.05) is 17.5 Å². The van der Waals surface area contributed by atoms with Gasteiger partial charge < -0.3 is 10.2 Å². The van der Waals surface area contributed by atoms with Gasteiger partial charge in [-0.15, -0.1) is 0 Å². The Kier molecular flexibility index (Phi) is 6.01. The van der Waals surface area contributed by atoms with Crippen molar-refractivity contribution in [2.75, 3.05) is 0 Å². The minimum atomic E-state index is -2.36. The average molecular weight is 354 g/mol. The van der Waals surface area contributed by atoms with Gasteiger partial charge in [-0.3, -0.25) is 19.2 Å². The third kappa shape index (κ3) is 3.85. The summed E-state index contributed by atoms with van der Waals surface area (Å²) in [6.45, 7) is 0. The molecule has 2 aromatic carbocycles. The highest BCUT2D eigenvalue weighted by molar-refractivity contribution is 6.30. The Bertz CT molecular complexity index is 759. The molecule has 0 unspecified atom stereocenters. The molecule has 0 fully saturated rings. The lowest BCUT2D eigenvalue weighted by atomic mass is 9.71. The maximum absolute atomic E-state index is 13.0. The van der Waals surface area contributed by atoms with E-state index in [1.807, 2.05) is 0 Å². The zero-order chi connectivity index (χ0) is 19.2. The number of carboxylic acids is 2. The largest absolute Gasteiger partial charge is 0.481 e. The molecular weight excluding hydrogens is 336 g/mol. The van der Waals surface area contributed by atoms with E-state index in [9.17, 15) is 24.3 Å². The van der Waals surface area contributed by atoms with Gasteiger partial charge in [-0.25, -0.2) is 0 Å². The second-order valence-electron chi connectivity index (χ2n) is 5.85. The number of carbonyl (C=O) groups excluding carboxylic acids is 2. The van der Waals surface area contributed by atoms with Crippen LogP contribution < -0.4 is 0 Å². The van der Waals surface area contributed by atoms with Gasteiger partial charge in [-0.05, 0) is 12.8 Å². The Morgan fingerprint density at radius 2 is 1.15 bits per heavy atom. The van der Waals surface area contributed by atoms with Crippen molar-refractivity contribution in [1.29, 1.82) is 0 Å². The molecule has 0 radical (unpaired) electrons. The van der Waals surface area contributed by atoms with Crippen LogP contribution in [0.15, 0.2) is 60.7 Å². The van der Waals surface area contributed by atoms with Crippen molar-refractivity contribution in [1.82, 2.24) is 0 Å². The van der Waals surface area contributed by atoms with Crippen molar-refractivity contribution in [3.63, 3.8) is 0 Å². The van der Waals surface area contributed by atoms with Gasteiger partial charge in [-0.2, -0.15) is 0 Å². The fourth-order valence-electron chi connectivity index (χ4n) is 2.81. The lowest BCUT2D eigenvalue weighted by Crippen LogP contribution is -2.46. The van der Waals surface area contributed by atoms with Crippen molar-refractivity contribution >= 4 is 23.5 Å². The molecule has 0 spiro atoms. The molecule has 2 rings (SSSR count). The normalized spacial score (nSPS) is 10.9. The minimum absolute atomic E-state index is 0.0921. The van der Waals surface area contributed by atoms with Crippen molar-refractivity contribution < 1.29 is 29.4 Å². The van der Waals surface area contributed by atoms with Gasteiger partial charge in [0.15, 0.2) is 17.0 Å². The van der Waals surface area contributed by atoms with E-state index >= 15 is 0 Å². The average Bonchev–Trinajstić information content (AvgIpc) is 2.65. The summed E-state index contributed by atoms with van der Waals surface area (Å²) in [7, 11) is 0. The zero-order valence-corrected chi connectivity index (χ0v) is 13.9. The van der Waals surface area contributed by atoms with Gasteiger partial charge in [0.25, 0.3) is 0 Å². The molecule has 0 saturated carbocycles. The molecule has 134 valence electrons. The van der Waals surface area contributed by atoms with Gasteiger partial charge in [0.2, 0.25) is 0 Å². The van der Waals surface area contributed by atoms with E-state index in [0.717, 1.165) is 0 Å². The van der Waals surface area contributed by atoms with Crippen LogP contribution in [0.1, 0.15) is 40.0 Å². The quantitative estimate of drug-likeness (QED) is 0.529. The fraction of sp³-hybridized carbons (Fsp3) is 0.200. The third-order valence-corrected chi connectivity index (χ3v) is 4.15. The Hall–Kier alpha value is -3.28. The predicted octanol–water partition coefficient (Wildman–Crippen LogP) is 3.08. The molecule has 0 atom stereocenters. The molecule has 2 aromatic rings. The number of carbonyl (C=O) groups is 4. The number of Topliss-reactive ketones (excluding diaryl/α,β-unsaturated/α-hetero) is 2. The molecule has 0 amide bonds. The Morgan fingerprint density at radius 3 is 1.50 bits per heavy atom. The van der Waals surface area contributed by atoms with Crippen molar-refractivity contribution in [2.24, 2.45) is 5.41 Å². The Balaban J connectivity index is 2.53. The van der Waals surface area contributed by atoms with Crippen molar-refractivity contribution in [3.8, 4) is 0 Å². The molecule has 0 saturated heterocycles. The molecule has 0 aliphatic heterocycles. The highest BCUT2D eigenvalue weighted by Crippen LogP contribution is 2.34. The van der Waals surface area contributed by atoms with Gasteiger partial charge in [0.05, 0.1) is 0 Å². The molecular formula is C20H18O6. The molecule has 0 aliphatic rings. The highest BCUT2D eigenvalue weighted by atomic mass is 16.4. The van der Waals surface area contributed by atoms with Crippen molar-refractivity contribution in [2.45, 2.75) is 19.3 Å². The van der Waals surface area contributed by atoms with Crippen LogP contribution in [-0.2, 0) is 9.59 Å². The maximum Gasteiger partial charge on any atom is 0.325 e. The molecule has 6 nitrogen and oxygen atoms in total. The summed E-state index contributed by atoms with van der Waals surface area (Å²) >= 11 is 0. The van der Waals surface area contributed by atoms with Gasteiger partial charge in [-0.1, -0.05) is 60.7 Å². The summed E-state index contributed by atoms with van der Waals surface area (Å²) in [6.07, 6.45) is -0.839. The number of hydrogen-bond donors (Lipinski definition) is 2. The number of benzene rings is 2. The summed E-state index contributed by atoms with van der Waals surface area (Å²) in [6, 6.07) is 15.4.